The summed E-state index contributed by atoms with van der Waals surface area (Å²) in [6, 6.07) is 5.80. The van der Waals surface area contributed by atoms with Crippen LogP contribution >= 0.6 is 0 Å². The summed E-state index contributed by atoms with van der Waals surface area (Å²) < 4.78 is 26.6. The van der Waals surface area contributed by atoms with E-state index < -0.39 is 16.0 Å². The Balaban J connectivity index is 2.09. The van der Waals surface area contributed by atoms with Crippen molar-refractivity contribution >= 4 is 21.9 Å². The summed E-state index contributed by atoms with van der Waals surface area (Å²) >= 11 is 0. The molecule has 0 radical (unpaired) electrons. The van der Waals surface area contributed by atoms with E-state index in [4.69, 9.17) is 5.11 Å². The molecule has 0 atom stereocenters. The Bertz CT molecular complexity index is 694. The summed E-state index contributed by atoms with van der Waals surface area (Å²) in [5.74, 6) is -1.31. The molecule has 1 aromatic carbocycles. The van der Waals surface area contributed by atoms with Gasteiger partial charge in [-0.25, -0.2) is 8.42 Å². The number of rotatable bonds is 6. The van der Waals surface area contributed by atoms with Gasteiger partial charge in [-0.1, -0.05) is 6.42 Å². The molecule has 0 saturated carbocycles. The predicted molar refractivity (Wildman–Crippen MR) is 88.3 cm³/mol. The highest BCUT2D eigenvalue weighted by Crippen LogP contribution is 2.21. The maximum atomic E-state index is 12.5. The zero-order valence-electron chi connectivity index (χ0n) is 13.6. The Morgan fingerprint density at radius 3 is 2.25 bits per heavy atom. The highest BCUT2D eigenvalue weighted by molar-refractivity contribution is 7.89. The molecule has 7 nitrogen and oxygen atoms in total. The van der Waals surface area contributed by atoms with E-state index in [0.29, 0.717) is 18.7 Å². The van der Waals surface area contributed by atoms with Gasteiger partial charge >= 0.3 is 5.97 Å². The van der Waals surface area contributed by atoms with Crippen molar-refractivity contribution in [3.63, 3.8) is 0 Å². The second kappa shape index (κ2) is 7.76. The molecule has 1 fully saturated rings. The minimum atomic E-state index is -3.52. The number of amides is 1. The maximum absolute atomic E-state index is 12.5. The van der Waals surface area contributed by atoms with Crippen LogP contribution in [0.1, 0.15) is 36.0 Å². The number of sulfonamides is 1. The fourth-order valence-corrected chi connectivity index (χ4v) is 4.13. The first-order valence-electron chi connectivity index (χ1n) is 7.90. The predicted octanol–water partition coefficient (Wildman–Crippen LogP) is 1.41. The van der Waals surface area contributed by atoms with Gasteiger partial charge in [0.2, 0.25) is 10.0 Å². The second-order valence-corrected chi connectivity index (χ2v) is 7.80. The highest BCUT2D eigenvalue weighted by atomic mass is 32.2. The maximum Gasteiger partial charge on any atom is 0.305 e. The first kappa shape index (κ1) is 18.4. The monoisotopic (exact) mass is 354 g/mol. The van der Waals surface area contributed by atoms with Gasteiger partial charge in [-0.15, -0.1) is 0 Å². The summed E-state index contributed by atoms with van der Waals surface area (Å²) in [6.45, 7) is 1.16. The first-order chi connectivity index (χ1) is 11.3. The largest absolute Gasteiger partial charge is 0.481 e. The standard InChI is InChI=1S/C16H22N2O5S/c1-17(12-9-15(19)20)16(21)13-5-7-14(8-6-13)24(22,23)18-10-3-2-4-11-18/h5-8H,2-4,9-12H2,1H3,(H,19,20). The zero-order valence-corrected chi connectivity index (χ0v) is 14.5. The molecule has 1 saturated heterocycles. The quantitative estimate of drug-likeness (QED) is 0.833. The Kier molecular flexibility index (Phi) is 5.95. The summed E-state index contributed by atoms with van der Waals surface area (Å²) in [5, 5.41) is 8.66. The number of carboxylic acid groups (broad SMARTS) is 1. The van der Waals surface area contributed by atoms with Gasteiger partial charge in [0.25, 0.3) is 5.91 Å². The average Bonchev–Trinajstić information content (AvgIpc) is 2.59. The van der Waals surface area contributed by atoms with Crippen LogP contribution in [0.3, 0.4) is 0 Å². The topological polar surface area (TPSA) is 95.0 Å². The van der Waals surface area contributed by atoms with Crippen LogP contribution in [0.5, 0.6) is 0 Å². The third kappa shape index (κ3) is 4.33. The highest BCUT2D eigenvalue weighted by Gasteiger charge is 2.26. The van der Waals surface area contributed by atoms with Gasteiger partial charge < -0.3 is 10.0 Å². The van der Waals surface area contributed by atoms with Crippen molar-refractivity contribution in [1.29, 1.82) is 0 Å². The normalized spacial score (nSPS) is 15.9. The van der Waals surface area contributed by atoms with Crippen molar-refractivity contribution in [2.45, 2.75) is 30.6 Å². The number of carboxylic acids is 1. The van der Waals surface area contributed by atoms with Crippen LogP contribution in [0, 0.1) is 0 Å². The number of hydrogen-bond acceptors (Lipinski definition) is 4. The number of nitrogens with zero attached hydrogens (tertiary/aromatic N) is 2. The number of piperidine rings is 1. The average molecular weight is 354 g/mol. The Morgan fingerprint density at radius 2 is 1.71 bits per heavy atom. The van der Waals surface area contributed by atoms with Gasteiger partial charge in [0, 0.05) is 32.2 Å². The molecule has 0 aromatic heterocycles. The van der Waals surface area contributed by atoms with Crippen molar-refractivity contribution in [3.8, 4) is 0 Å². The van der Waals surface area contributed by atoms with Crippen molar-refractivity contribution < 1.29 is 23.1 Å². The summed E-state index contributed by atoms with van der Waals surface area (Å²) in [6.07, 6.45) is 2.64. The molecule has 132 valence electrons. The van der Waals surface area contributed by atoms with E-state index in [0.717, 1.165) is 19.3 Å². The molecule has 1 aliphatic rings. The lowest BCUT2D eigenvalue weighted by atomic mass is 10.2. The zero-order chi connectivity index (χ0) is 17.7. The summed E-state index contributed by atoms with van der Waals surface area (Å²) in [7, 11) is -2.00. The van der Waals surface area contributed by atoms with Crippen LogP contribution in [0.15, 0.2) is 29.2 Å². The lowest BCUT2D eigenvalue weighted by Crippen LogP contribution is -2.35. The number of aliphatic carboxylic acids is 1. The minimum absolute atomic E-state index is 0.0992. The van der Waals surface area contributed by atoms with Crippen LogP contribution in [0.25, 0.3) is 0 Å². The van der Waals surface area contributed by atoms with Crippen LogP contribution in [-0.4, -0.2) is 61.3 Å². The number of carbonyl (C=O) groups excluding carboxylic acids is 1. The fraction of sp³-hybridized carbons (Fsp3) is 0.500. The molecule has 0 unspecified atom stereocenters. The van der Waals surface area contributed by atoms with Crippen LogP contribution in [0.2, 0.25) is 0 Å². The lowest BCUT2D eigenvalue weighted by Gasteiger charge is -2.26. The van der Waals surface area contributed by atoms with E-state index in [2.05, 4.69) is 0 Å². The molecular weight excluding hydrogens is 332 g/mol. The number of hydrogen-bond donors (Lipinski definition) is 1. The van der Waals surface area contributed by atoms with Gasteiger partial charge in [-0.2, -0.15) is 4.31 Å². The molecule has 1 N–H and O–H groups in total. The van der Waals surface area contributed by atoms with Crippen molar-refractivity contribution in [2.75, 3.05) is 26.7 Å². The third-order valence-corrected chi connectivity index (χ3v) is 5.97. The minimum Gasteiger partial charge on any atom is -0.481 e. The van der Waals surface area contributed by atoms with E-state index in [1.807, 2.05) is 0 Å². The SMILES string of the molecule is CN(CCC(=O)O)C(=O)c1ccc(S(=O)(=O)N2CCCCC2)cc1. The molecule has 0 aliphatic carbocycles. The summed E-state index contributed by atoms with van der Waals surface area (Å²) in [4.78, 5) is 24.2. The Labute approximate surface area is 141 Å². The Morgan fingerprint density at radius 1 is 1.12 bits per heavy atom. The van der Waals surface area contributed by atoms with E-state index in [-0.39, 0.29) is 23.8 Å². The molecule has 24 heavy (non-hydrogen) atoms. The van der Waals surface area contributed by atoms with Crippen LogP contribution in [-0.2, 0) is 14.8 Å². The fourth-order valence-electron chi connectivity index (χ4n) is 2.61. The van der Waals surface area contributed by atoms with Crippen LogP contribution in [0.4, 0.5) is 0 Å². The third-order valence-electron chi connectivity index (χ3n) is 4.06. The van der Waals surface area contributed by atoms with Gasteiger partial charge in [0.15, 0.2) is 0 Å². The molecule has 1 amide bonds. The summed E-state index contributed by atoms with van der Waals surface area (Å²) in [5.41, 5.74) is 0.334. The van der Waals surface area contributed by atoms with Gasteiger partial charge in [0.1, 0.15) is 0 Å². The van der Waals surface area contributed by atoms with Gasteiger partial charge in [-0.3, -0.25) is 9.59 Å². The molecule has 8 heteroatoms. The number of benzene rings is 1. The van der Waals surface area contributed by atoms with E-state index in [9.17, 15) is 18.0 Å². The Hall–Kier alpha value is -1.93. The number of carbonyl (C=O) groups is 2. The molecule has 1 aliphatic heterocycles. The second-order valence-electron chi connectivity index (χ2n) is 5.86. The lowest BCUT2D eigenvalue weighted by molar-refractivity contribution is -0.137. The van der Waals surface area contributed by atoms with Crippen LogP contribution < -0.4 is 0 Å². The van der Waals surface area contributed by atoms with E-state index >= 15 is 0 Å². The smallest absolute Gasteiger partial charge is 0.305 e. The van der Waals surface area contributed by atoms with Crippen molar-refractivity contribution in [3.05, 3.63) is 29.8 Å². The van der Waals surface area contributed by atoms with Gasteiger partial charge in [0.05, 0.1) is 11.3 Å². The molecular formula is C16H22N2O5S. The molecule has 1 heterocycles. The molecule has 0 bridgehead atoms. The molecule has 0 spiro atoms. The van der Waals surface area contributed by atoms with Gasteiger partial charge in [-0.05, 0) is 37.1 Å². The first-order valence-corrected chi connectivity index (χ1v) is 9.34. The van der Waals surface area contributed by atoms with Crippen molar-refractivity contribution in [2.24, 2.45) is 0 Å². The van der Waals surface area contributed by atoms with Crippen molar-refractivity contribution in [1.82, 2.24) is 9.21 Å². The molecule has 1 aromatic rings. The van der Waals surface area contributed by atoms with E-state index in [1.165, 1.54) is 40.5 Å². The van der Waals surface area contributed by atoms with E-state index in [1.54, 1.807) is 0 Å². The molecule has 2 rings (SSSR count).